The summed E-state index contributed by atoms with van der Waals surface area (Å²) in [7, 11) is 0. The molecule has 0 N–H and O–H groups in total. The fraction of sp³-hybridized carbons (Fsp3) is 0.316. The molecule has 0 aromatic heterocycles. The highest BCUT2D eigenvalue weighted by atomic mass is 79.9. The van der Waals surface area contributed by atoms with Crippen molar-refractivity contribution in [3.63, 3.8) is 0 Å². The van der Waals surface area contributed by atoms with Crippen molar-refractivity contribution in [2.24, 2.45) is 0 Å². The van der Waals surface area contributed by atoms with Crippen molar-refractivity contribution in [2.75, 3.05) is 10.7 Å². The van der Waals surface area contributed by atoms with Gasteiger partial charge in [-0.15, -0.1) is 0 Å². The Balaban J connectivity index is 2.04. The van der Waals surface area contributed by atoms with Crippen LogP contribution in [-0.2, 0) is 12.8 Å². The van der Waals surface area contributed by atoms with Gasteiger partial charge in [-0.25, -0.2) is 0 Å². The van der Waals surface area contributed by atoms with Gasteiger partial charge in [-0.2, -0.15) is 0 Å². The second kappa shape index (κ2) is 9.26. The van der Waals surface area contributed by atoms with Crippen LogP contribution in [-0.4, -0.2) is 16.4 Å². The number of aryl methyl sites for hydroxylation is 2. The van der Waals surface area contributed by atoms with Crippen molar-refractivity contribution in [1.29, 1.82) is 0 Å². The molecule has 0 spiro atoms. The largest absolute Gasteiger partial charge is 0.289 e. The molecule has 0 bridgehead atoms. The van der Waals surface area contributed by atoms with Crippen molar-refractivity contribution in [2.45, 2.75) is 25.7 Å². The third-order valence-corrected chi connectivity index (χ3v) is 4.75. The summed E-state index contributed by atoms with van der Waals surface area (Å²) in [6.45, 7) is 0. The van der Waals surface area contributed by atoms with Crippen LogP contribution < -0.4 is 0 Å². The van der Waals surface area contributed by atoms with Crippen LogP contribution in [0.3, 0.4) is 0 Å². The summed E-state index contributed by atoms with van der Waals surface area (Å²) in [6, 6.07) is 16.0. The average Bonchev–Trinajstić information content (AvgIpc) is 2.58. The van der Waals surface area contributed by atoms with Gasteiger partial charge in [-0.05, 0) is 36.8 Å². The SMILES string of the molecule is O=C(c1ccc(CCCBr)cc1)c1ccc(CCCBr)cc1. The zero-order valence-corrected chi connectivity index (χ0v) is 15.7. The third kappa shape index (κ3) is 5.06. The lowest BCUT2D eigenvalue weighted by atomic mass is 9.99. The third-order valence-electron chi connectivity index (χ3n) is 3.63. The molecule has 0 saturated heterocycles. The van der Waals surface area contributed by atoms with Crippen LogP contribution in [0.1, 0.15) is 39.9 Å². The molecule has 0 radical (unpaired) electrons. The summed E-state index contributed by atoms with van der Waals surface area (Å²) in [5.74, 6) is 0.0964. The summed E-state index contributed by atoms with van der Waals surface area (Å²) < 4.78 is 0. The molecule has 0 aliphatic heterocycles. The smallest absolute Gasteiger partial charge is 0.193 e. The molecular weight excluding hydrogens is 404 g/mol. The predicted octanol–water partition coefficient (Wildman–Crippen LogP) is 5.57. The Morgan fingerprint density at radius 2 is 1.05 bits per heavy atom. The topological polar surface area (TPSA) is 17.1 Å². The first-order chi connectivity index (χ1) is 10.7. The number of ketones is 1. The number of carbonyl (C=O) groups excluding carboxylic acids is 1. The molecule has 0 saturated carbocycles. The fourth-order valence-electron chi connectivity index (χ4n) is 2.35. The van der Waals surface area contributed by atoms with E-state index in [0.717, 1.165) is 47.5 Å². The highest BCUT2D eigenvalue weighted by Gasteiger charge is 2.08. The van der Waals surface area contributed by atoms with E-state index in [0.29, 0.717) is 0 Å². The van der Waals surface area contributed by atoms with E-state index in [-0.39, 0.29) is 5.78 Å². The number of rotatable bonds is 8. The lowest BCUT2D eigenvalue weighted by Gasteiger charge is -2.05. The first kappa shape index (κ1) is 17.4. The van der Waals surface area contributed by atoms with Gasteiger partial charge in [0, 0.05) is 21.8 Å². The molecule has 0 aliphatic carbocycles. The van der Waals surface area contributed by atoms with Crippen molar-refractivity contribution in [1.82, 2.24) is 0 Å². The van der Waals surface area contributed by atoms with E-state index in [9.17, 15) is 4.79 Å². The Morgan fingerprint density at radius 1 is 0.682 bits per heavy atom. The van der Waals surface area contributed by atoms with Crippen LogP contribution in [0.4, 0.5) is 0 Å². The minimum absolute atomic E-state index is 0.0964. The highest BCUT2D eigenvalue weighted by Crippen LogP contribution is 2.14. The summed E-state index contributed by atoms with van der Waals surface area (Å²) >= 11 is 6.88. The van der Waals surface area contributed by atoms with Gasteiger partial charge < -0.3 is 0 Å². The zero-order chi connectivity index (χ0) is 15.8. The van der Waals surface area contributed by atoms with Gasteiger partial charge in [0.05, 0.1) is 0 Å². The maximum atomic E-state index is 12.5. The Hall–Kier alpha value is -0.930. The summed E-state index contributed by atoms with van der Waals surface area (Å²) in [6.07, 6.45) is 4.32. The molecule has 1 nitrogen and oxygen atoms in total. The first-order valence-electron chi connectivity index (χ1n) is 7.59. The zero-order valence-electron chi connectivity index (χ0n) is 12.5. The van der Waals surface area contributed by atoms with Gasteiger partial charge >= 0.3 is 0 Å². The van der Waals surface area contributed by atoms with Crippen LogP contribution in [0.25, 0.3) is 0 Å². The number of hydrogen-bond donors (Lipinski definition) is 0. The molecule has 2 rings (SSSR count). The molecule has 0 atom stereocenters. The number of halogens is 2. The minimum Gasteiger partial charge on any atom is -0.289 e. The van der Waals surface area contributed by atoms with Gasteiger partial charge in [0.1, 0.15) is 0 Å². The van der Waals surface area contributed by atoms with Gasteiger partial charge in [-0.3, -0.25) is 4.79 Å². The van der Waals surface area contributed by atoms with Crippen LogP contribution >= 0.6 is 31.9 Å². The molecule has 0 heterocycles. The Morgan fingerprint density at radius 3 is 1.36 bits per heavy atom. The Kier molecular flexibility index (Phi) is 7.34. The minimum atomic E-state index is 0.0964. The standard InChI is InChI=1S/C19H20Br2O/c20-13-1-3-15-5-9-17(10-6-15)19(22)18-11-7-16(8-12-18)4-2-14-21/h5-12H,1-4,13-14H2. The summed E-state index contributed by atoms with van der Waals surface area (Å²) in [5.41, 5.74) is 4.08. The van der Waals surface area contributed by atoms with Gasteiger partial charge in [0.2, 0.25) is 0 Å². The van der Waals surface area contributed by atoms with Gasteiger partial charge in [-0.1, -0.05) is 80.4 Å². The van der Waals surface area contributed by atoms with Crippen molar-refractivity contribution < 1.29 is 4.79 Å². The van der Waals surface area contributed by atoms with Crippen molar-refractivity contribution in [3.8, 4) is 0 Å². The molecule has 2 aromatic rings. The molecule has 3 heteroatoms. The maximum Gasteiger partial charge on any atom is 0.193 e. The molecular formula is C19H20Br2O. The number of alkyl halides is 2. The molecule has 0 fully saturated rings. The highest BCUT2D eigenvalue weighted by molar-refractivity contribution is 9.09. The molecule has 2 aromatic carbocycles. The molecule has 0 amide bonds. The normalized spacial score (nSPS) is 10.6. The molecule has 0 unspecified atom stereocenters. The Labute approximate surface area is 149 Å². The lowest BCUT2D eigenvalue weighted by molar-refractivity contribution is 0.103. The summed E-state index contributed by atoms with van der Waals surface area (Å²) in [5, 5.41) is 2.02. The van der Waals surface area contributed by atoms with Crippen LogP contribution in [0.15, 0.2) is 48.5 Å². The summed E-state index contributed by atoms with van der Waals surface area (Å²) in [4.78, 5) is 12.5. The van der Waals surface area contributed by atoms with Crippen molar-refractivity contribution in [3.05, 3.63) is 70.8 Å². The second-order valence-electron chi connectivity index (χ2n) is 5.31. The van der Waals surface area contributed by atoms with E-state index < -0.39 is 0 Å². The fourth-order valence-corrected chi connectivity index (χ4v) is 2.91. The lowest BCUT2D eigenvalue weighted by Crippen LogP contribution is -2.02. The number of hydrogen-bond acceptors (Lipinski definition) is 1. The van der Waals surface area contributed by atoms with Crippen molar-refractivity contribution >= 4 is 37.6 Å². The quantitative estimate of drug-likeness (QED) is 0.400. The van der Waals surface area contributed by atoms with Crippen LogP contribution in [0.5, 0.6) is 0 Å². The Bertz CT molecular complexity index is 534. The van der Waals surface area contributed by atoms with Crippen LogP contribution in [0, 0.1) is 0 Å². The molecule has 22 heavy (non-hydrogen) atoms. The van der Waals surface area contributed by atoms with E-state index in [4.69, 9.17) is 0 Å². The van der Waals surface area contributed by atoms with E-state index >= 15 is 0 Å². The second-order valence-corrected chi connectivity index (χ2v) is 6.89. The number of benzene rings is 2. The molecule has 116 valence electrons. The van der Waals surface area contributed by atoms with E-state index in [1.54, 1.807) is 0 Å². The van der Waals surface area contributed by atoms with E-state index in [1.165, 1.54) is 11.1 Å². The number of carbonyl (C=O) groups is 1. The van der Waals surface area contributed by atoms with E-state index in [1.807, 2.05) is 24.3 Å². The maximum absolute atomic E-state index is 12.5. The van der Waals surface area contributed by atoms with Gasteiger partial charge in [0.15, 0.2) is 5.78 Å². The monoisotopic (exact) mass is 422 g/mol. The average molecular weight is 424 g/mol. The molecule has 0 aliphatic rings. The van der Waals surface area contributed by atoms with Gasteiger partial charge in [0.25, 0.3) is 0 Å². The first-order valence-corrected chi connectivity index (χ1v) is 9.83. The van der Waals surface area contributed by atoms with Crippen LogP contribution in [0.2, 0.25) is 0 Å². The predicted molar refractivity (Wildman–Crippen MR) is 101 cm³/mol. The van der Waals surface area contributed by atoms with E-state index in [2.05, 4.69) is 56.1 Å².